The number of halogens is 2. The zero-order chi connectivity index (χ0) is 18.1. The third-order valence-electron chi connectivity index (χ3n) is 4.18. The number of hydrogen-bond acceptors (Lipinski definition) is 5. The fraction of sp³-hybridized carbons (Fsp3) is 0.167. The fourth-order valence-corrected chi connectivity index (χ4v) is 3.42. The van der Waals surface area contributed by atoms with Crippen molar-refractivity contribution < 1.29 is 8.81 Å². The zero-order valence-electron chi connectivity index (χ0n) is 13.9. The number of hydrogen-bond donors (Lipinski definition) is 2. The number of H-pyrrole nitrogens is 1. The number of nitrogens with zero attached hydrogens (tertiary/aromatic N) is 3. The summed E-state index contributed by atoms with van der Waals surface area (Å²) in [4.78, 5) is 0. The molecule has 2 aromatic carbocycles. The Labute approximate surface area is 156 Å². The van der Waals surface area contributed by atoms with Gasteiger partial charge in [0.15, 0.2) is 5.76 Å². The molecule has 4 aromatic rings. The molecule has 2 N–H and O–H groups in total. The van der Waals surface area contributed by atoms with Crippen molar-refractivity contribution in [3.63, 3.8) is 0 Å². The molecule has 2 heterocycles. The maximum atomic E-state index is 14.4. The van der Waals surface area contributed by atoms with Crippen LogP contribution in [0.25, 0.3) is 22.6 Å². The van der Waals surface area contributed by atoms with E-state index in [0.29, 0.717) is 34.7 Å². The molecule has 0 saturated carbocycles. The van der Waals surface area contributed by atoms with Gasteiger partial charge in [-0.25, -0.2) is 9.49 Å². The molecular formula is C18H15BrFN5O. The lowest BCUT2D eigenvalue weighted by molar-refractivity contribution is 0.606. The Morgan fingerprint density at radius 3 is 2.81 bits per heavy atom. The molecule has 0 amide bonds. The third-order valence-corrected chi connectivity index (χ3v) is 4.92. The molecule has 2 aromatic heterocycles. The molecule has 8 heteroatoms. The van der Waals surface area contributed by atoms with Crippen LogP contribution in [-0.4, -0.2) is 20.6 Å². The van der Waals surface area contributed by atoms with Gasteiger partial charge in [0.1, 0.15) is 11.4 Å². The van der Waals surface area contributed by atoms with E-state index in [1.165, 1.54) is 11.6 Å². The molecule has 0 bridgehead atoms. The number of anilines is 1. The standard InChI is InChI=1S/C18H15BrFN5O/c1-2-10-3-4-13(8-14(10)19)21-9-12-7-16-11(5-15(12)20)6-17(26-16)18-22-24-25-23-18/h3-8,21H,2,9H2,1H3,(H,22,23,24,25). The first kappa shape index (κ1) is 16.7. The summed E-state index contributed by atoms with van der Waals surface area (Å²) >= 11 is 3.55. The lowest BCUT2D eigenvalue weighted by Crippen LogP contribution is -2.02. The fourth-order valence-electron chi connectivity index (χ4n) is 2.76. The molecule has 0 radical (unpaired) electrons. The second-order valence-corrected chi connectivity index (χ2v) is 6.71. The zero-order valence-corrected chi connectivity index (χ0v) is 15.5. The molecule has 0 aliphatic heterocycles. The number of aromatic amines is 1. The minimum absolute atomic E-state index is 0.294. The largest absolute Gasteiger partial charge is 0.453 e. The SMILES string of the molecule is CCc1ccc(NCc2cc3oc(-c4nnn[nH]4)cc3cc2F)cc1Br. The van der Waals surface area contributed by atoms with Crippen molar-refractivity contribution in [3.8, 4) is 11.6 Å². The molecular weight excluding hydrogens is 401 g/mol. The maximum absolute atomic E-state index is 14.4. The van der Waals surface area contributed by atoms with Crippen molar-refractivity contribution >= 4 is 32.6 Å². The van der Waals surface area contributed by atoms with Crippen LogP contribution in [0.4, 0.5) is 10.1 Å². The van der Waals surface area contributed by atoms with Gasteiger partial charge in [-0.2, -0.15) is 0 Å². The predicted octanol–water partition coefficient (Wildman–Crippen LogP) is 4.69. The maximum Gasteiger partial charge on any atom is 0.215 e. The lowest BCUT2D eigenvalue weighted by atomic mass is 10.1. The summed E-state index contributed by atoms with van der Waals surface area (Å²) < 4.78 is 21.2. The smallest absolute Gasteiger partial charge is 0.215 e. The number of aryl methyl sites for hydroxylation is 1. The van der Waals surface area contributed by atoms with Crippen molar-refractivity contribution in [2.75, 3.05) is 5.32 Å². The van der Waals surface area contributed by atoms with Gasteiger partial charge in [0, 0.05) is 27.7 Å². The summed E-state index contributed by atoms with van der Waals surface area (Å²) in [6.45, 7) is 2.45. The highest BCUT2D eigenvalue weighted by Crippen LogP contribution is 2.28. The second kappa shape index (κ2) is 6.87. The first-order valence-corrected chi connectivity index (χ1v) is 8.91. The Balaban J connectivity index is 1.58. The Hall–Kier alpha value is -2.74. The van der Waals surface area contributed by atoms with Gasteiger partial charge in [-0.3, -0.25) is 0 Å². The predicted molar refractivity (Wildman–Crippen MR) is 100 cm³/mol. The molecule has 0 aliphatic rings. The van der Waals surface area contributed by atoms with Gasteiger partial charge in [0.05, 0.1) is 0 Å². The Kier molecular flexibility index (Phi) is 4.42. The van der Waals surface area contributed by atoms with Gasteiger partial charge >= 0.3 is 0 Å². The molecule has 0 aliphatic carbocycles. The highest BCUT2D eigenvalue weighted by atomic mass is 79.9. The van der Waals surface area contributed by atoms with Gasteiger partial charge in [0.25, 0.3) is 0 Å². The van der Waals surface area contributed by atoms with E-state index in [-0.39, 0.29) is 5.82 Å². The highest BCUT2D eigenvalue weighted by molar-refractivity contribution is 9.10. The topological polar surface area (TPSA) is 79.6 Å². The third kappa shape index (κ3) is 3.20. The van der Waals surface area contributed by atoms with Crippen LogP contribution in [0.5, 0.6) is 0 Å². The van der Waals surface area contributed by atoms with Crippen LogP contribution in [0.1, 0.15) is 18.1 Å². The van der Waals surface area contributed by atoms with Gasteiger partial charge in [0.2, 0.25) is 5.82 Å². The van der Waals surface area contributed by atoms with Crippen LogP contribution in [-0.2, 0) is 13.0 Å². The summed E-state index contributed by atoms with van der Waals surface area (Å²) in [6.07, 6.45) is 0.952. The first-order valence-electron chi connectivity index (χ1n) is 8.12. The molecule has 0 fully saturated rings. The Bertz CT molecular complexity index is 1060. The number of benzene rings is 2. The minimum atomic E-state index is -0.294. The minimum Gasteiger partial charge on any atom is -0.453 e. The summed E-state index contributed by atoms with van der Waals surface area (Å²) in [5, 5.41) is 17.4. The van der Waals surface area contributed by atoms with Crippen LogP contribution in [0.15, 0.2) is 45.3 Å². The average molecular weight is 416 g/mol. The highest BCUT2D eigenvalue weighted by Gasteiger charge is 2.13. The number of rotatable bonds is 5. The van der Waals surface area contributed by atoms with Crippen LogP contribution in [0, 0.1) is 5.82 Å². The molecule has 0 unspecified atom stereocenters. The van der Waals surface area contributed by atoms with E-state index in [2.05, 4.69) is 54.9 Å². The number of fused-ring (bicyclic) bond motifs is 1. The second-order valence-electron chi connectivity index (χ2n) is 5.86. The summed E-state index contributed by atoms with van der Waals surface area (Å²) in [6, 6.07) is 10.9. The van der Waals surface area contributed by atoms with Gasteiger partial charge < -0.3 is 9.73 Å². The van der Waals surface area contributed by atoms with Crippen LogP contribution < -0.4 is 5.32 Å². The van der Waals surface area contributed by atoms with Gasteiger partial charge in [-0.1, -0.05) is 28.9 Å². The van der Waals surface area contributed by atoms with E-state index in [4.69, 9.17) is 4.42 Å². The summed E-state index contributed by atoms with van der Waals surface area (Å²) in [5.74, 6) is 0.577. The monoisotopic (exact) mass is 415 g/mol. The van der Waals surface area contributed by atoms with Crippen LogP contribution in [0.3, 0.4) is 0 Å². The molecule has 0 atom stereocenters. The Morgan fingerprint density at radius 2 is 2.08 bits per heavy atom. The first-order chi connectivity index (χ1) is 12.6. The molecule has 0 saturated heterocycles. The van der Waals surface area contributed by atoms with E-state index in [1.54, 1.807) is 12.1 Å². The van der Waals surface area contributed by atoms with E-state index in [0.717, 1.165) is 16.6 Å². The van der Waals surface area contributed by atoms with E-state index < -0.39 is 0 Å². The van der Waals surface area contributed by atoms with Gasteiger partial charge in [-0.05, 0) is 52.7 Å². The van der Waals surface area contributed by atoms with E-state index in [9.17, 15) is 4.39 Å². The molecule has 0 spiro atoms. The summed E-state index contributed by atoms with van der Waals surface area (Å²) in [5.41, 5.74) is 3.25. The quantitative estimate of drug-likeness (QED) is 0.494. The molecule has 4 rings (SSSR count). The Morgan fingerprint density at radius 1 is 1.19 bits per heavy atom. The molecule has 26 heavy (non-hydrogen) atoms. The van der Waals surface area contributed by atoms with Crippen molar-refractivity contribution in [1.29, 1.82) is 0 Å². The number of aromatic nitrogens is 4. The van der Waals surface area contributed by atoms with E-state index >= 15 is 0 Å². The number of tetrazole rings is 1. The normalized spacial score (nSPS) is 11.2. The van der Waals surface area contributed by atoms with Crippen molar-refractivity contribution in [2.45, 2.75) is 19.9 Å². The van der Waals surface area contributed by atoms with Crippen LogP contribution >= 0.6 is 15.9 Å². The molecule has 132 valence electrons. The van der Waals surface area contributed by atoms with Crippen molar-refractivity contribution in [3.05, 3.63) is 57.8 Å². The van der Waals surface area contributed by atoms with Crippen molar-refractivity contribution in [1.82, 2.24) is 20.6 Å². The number of furan rings is 1. The summed E-state index contributed by atoms with van der Waals surface area (Å²) in [7, 11) is 0. The van der Waals surface area contributed by atoms with Crippen LogP contribution in [0.2, 0.25) is 0 Å². The number of nitrogens with one attached hydrogen (secondary N) is 2. The van der Waals surface area contributed by atoms with E-state index in [1.807, 2.05) is 12.1 Å². The lowest BCUT2D eigenvalue weighted by Gasteiger charge is -2.10. The molecule has 6 nitrogen and oxygen atoms in total. The van der Waals surface area contributed by atoms with Crippen molar-refractivity contribution in [2.24, 2.45) is 0 Å². The van der Waals surface area contributed by atoms with Gasteiger partial charge in [-0.15, -0.1) is 5.10 Å². The average Bonchev–Trinajstić information content (AvgIpc) is 3.29.